The first-order valence-electron chi connectivity index (χ1n) is 8.93. The first-order chi connectivity index (χ1) is 14.4. The van der Waals surface area contributed by atoms with E-state index >= 15 is 0 Å². The van der Waals surface area contributed by atoms with Gasteiger partial charge in [0.2, 0.25) is 0 Å². The van der Waals surface area contributed by atoms with Crippen molar-refractivity contribution in [1.82, 2.24) is 0 Å². The van der Waals surface area contributed by atoms with Crippen molar-refractivity contribution in [2.75, 3.05) is 12.4 Å². The van der Waals surface area contributed by atoms with Crippen molar-refractivity contribution >= 4 is 23.6 Å². The van der Waals surface area contributed by atoms with E-state index in [1.165, 1.54) is 37.5 Å². The molecule has 150 valence electrons. The standard InChI is InChI=1S/C23H18N2O5/c1-14-19(4-3-5-20(14)23(28)29-2)21-11-10-18(30-21)12-15(13-24)22(27)25-16-6-8-17(26)9-7-16/h3-12,26H,1-2H3,(H,25,27). The molecule has 0 aliphatic carbocycles. The number of phenolic OH excluding ortho intramolecular Hbond substituents is 1. The minimum Gasteiger partial charge on any atom is -0.508 e. The van der Waals surface area contributed by atoms with Gasteiger partial charge < -0.3 is 19.6 Å². The summed E-state index contributed by atoms with van der Waals surface area (Å²) in [5.41, 5.74) is 2.11. The third-order valence-corrected chi connectivity index (χ3v) is 4.41. The average molecular weight is 402 g/mol. The molecule has 30 heavy (non-hydrogen) atoms. The van der Waals surface area contributed by atoms with Crippen LogP contribution in [-0.4, -0.2) is 24.1 Å². The van der Waals surface area contributed by atoms with Crippen LogP contribution in [0.25, 0.3) is 17.4 Å². The molecule has 7 nitrogen and oxygen atoms in total. The first-order valence-corrected chi connectivity index (χ1v) is 8.93. The number of aromatic hydroxyl groups is 1. The van der Waals surface area contributed by atoms with Gasteiger partial charge in [0.05, 0.1) is 12.7 Å². The third kappa shape index (κ3) is 4.39. The van der Waals surface area contributed by atoms with Gasteiger partial charge in [-0.05, 0) is 55.0 Å². The number of hydrogen-bond acceptors (Lipinski definition) is 6. The summed E-state index contributed by atoms with van der Waals surface area (Å²) in [4.78, 5) is 24.3. The van der Waals surface area contributed by atoms with Crippen molar-refractivity contribution < 1.29 is 23.8 Å². The van der Waals surface area contributed by atoms with Gasteiger partial charge in [0.15, 0.2) is 0 Å². The summed E-state index contributed by atoms with van der Waals surface area (Å²) in [6, 6.07) is 16.3. The zero-order valence-electron chi connectivity index (χ0n) is 16.3. The highest BCUT2D eigenvalue weighted by molar-refractivity contribution is 6.09. The van der Waals surface area contributed by atoms with Gasteiger partial charge in [-0.15, -0.1) is 0 Å². The number of benzene rings is 2. The molecule has 0 unspecified atom stereocenters. The maximum atomic E-state index is 12.4. The number of methoxy groups -OCH3 is 1. The summed E-state index contributed by atoms with van der Waals surface area (Å²) in [5, 5.41) is 21.2. The van der Waals surface area contributed by atoms with Crippen molar-refractivity contribution in [2.24, 2.45) is 0 Å². The molecule has 0 aliphatic rings. The fraction of sp³-hybridized carbons (Fsp3) is 0.0870. The second-order valence-corrected chi connectivity index (χ2v) is 6.34. The maximum Gasteiger partial charge on any atom is 0.338 e. The number of furan rings is 1. The second kappa shape index (κ2) is 8.80. The Labute approximate surface area is 172 Å². The normalized spacial score (nSPS) is 10.9. The van der Waals surface area contributed by atoms with Gasteiger partial charge in [-0.2, -0.15) is 5.26 Å². The molecule has 7 heteroatoms. The Morgan fingerprint density at radius 2 is 1.87 bits per heavy atom. The van der Waals surface area contributed by atoms with Crippen LogP contribution >= 0.6 is 0 Å². The minimum absolute atomic E-state index is 0.0683. The molecule has 0 aliphatic heterocycles. The van der Waals surface area contributed by atoms with Crippen LogP contribution in [0.4, 0.5) is 5.69 Å². The predicted octanol–water partition coefficient (Wildman–Crippen LogP) is 4.29. The number of esters is 1. The molecule has 2 N–H and O–H groups in total. The van der Waals surface area contributed by atoms with E-state index in [-0.39, 0.29) is 11.3 Å². The summed E-state index contributed by atoms with van der Waals surface area (Å²) in [5.74, 6) is -0.187. The van der Waals surface area contributed by atoms with Gasteiger partial charge in [-0.3, -0.25) is 4.79 Å². The molecule has 0 fully saturated rings. The van der Waals surface area contributed by atoms with Gasteiger partial charge in [-0.25, -0.2) is 4.79 Å². The highest BCUT2D eigenvalue weighted by atomic mass is 16.5. The molecule has 2 aromatic carbocycles. The Bertz CT molecular complexity index is 1170. The summed E-state index contributed by atoms with van der Waals surface area (Å²) in [6.07, 6.45) is 1.33. The van der Waals surface area contributed by atoms with Crippen LogP contribution in [0.3, 0.4) is 0 Å². The number of anilines is 1. The molecule has 0 saturated heterocycles. The zero-order valence-corrected chi connectivity index (χ0v) is 16.3. The molecule has 3 aromatic rings. The van der Waals surface area contributed by atoms with Crippen LogP contribution in [0, 0.1) is 18.3 Å². The first kappa shape index (κ1) is 20.4. The van der Waals surface area contributed by atoms with Crippen molar-refractivity contribution in [1.29, 1.82) is 5.26 Å². The smallest absolute Gasteiger partial charge is 0.338 e. The molecule has 0 spiro atoms. The number of nitrogens with zero attached hydrogens (tertiary/aromatic N) is 1. The summed E-state index contributed by atoms with van der Waals surface area (Å²) < 4.78 is 10.6. The zero-order chi connectivity index (χ0) is 21.7. The van der Waals surface area contributed by atoms with Gasteiger partial charge in [0, 0.05) is 17.3 Å². The fourth-order valence-electron chi connectivity index (χ4n) is 2.84. The SMILES string of the molecule is COC(=O)c1cccc(-c2ccc(C=C(C#N)C(=O)Nc3ccc(O)cc3)o2)c1C. The van der Waals surface area contributed by atoms with Gasteiger partial charge in [0.25, 0.3) is 5.91 Å². The number of carbonyl (C=O) groups is 2. The van der Waals surface area contributed by atoms with Crippen LogP contribution in [0.5, 0.6) is 5.75 Å². The van der Waals surface area contributed by atoms with Gasteiger partial charge in [0.1, 0.15) is 28.9 Å². The summed E-state index contributed by atoms with van der Waals surface area (Å²) in [7, 11) is 1.32. The Morgan fingerprint density at radius 3 is 2.53 bits per heavy atom. The lowest BCUT2D eigenvalue weighted by Crippen LogP contribution is -2.13. The molecule has 1 aromatic heterocycles. The average Bonchev–Trinajstić information content (AvgIpc) is 3.21. The number of carbonyl (C=O) groups excluding carboxylic acids is 2. The minimum atomic E-state index is -0.606. The number of nitrogens with one attached hydrogen (secondary N) is 1. The fourth-order valence-corrected chi connectivity index (χ4v) is 2.84. The number of phenols is 1. The summed E-state index contributed by atoms with van der Waals surface area (Å²) in [6.45, 7) is 1.78. The van der Waals surface area contributed by atoms with Crippen molar-refractivity contribution in [3.63, 3.8) is 0 Å². The highest BCUT2D eigenvalue weighted by Crippen LogP contribution is 2.28. The molecule has 0 atom stereocenters. The Morgan fingerprint density at radius 1 is 1.13 bits per heavy atom. The van der Waals surface area contributed by atoms with E-state index in [9.17, 15) is 20.0 Å². The lowest BCUT2D eigenvalue weighted by molar-refractivity contribution is -0.112. The molecule has 0 radical (unpaired) electrons. The van der Waals surface area contributed by atoms with E-state index in [1.54, 1.807) is 37.3 Å². The van der Waals surface area contributed by atoms with E-state index in [2.05, 4.69) is 5.32 Å². The van der Waals surface area contributed by atoms with E-state index in [0.29, 0.717) is 33.9 Å². The van der Waals surface area contributed by atoms with Crippen molar-refractivity contribution in [3.8, 4) is 23.1 Å². The van der Waals surface area contributed by atoms with E-state index in [0.717, 1.165) is 0 Å². The number of rotatable bonds is 5. The molecule has 3 rings (SSSR count). The van der Waals surface area contributed by atoms with Crippen LogP contribution in [-0.2, 0) is 9.53 Å². The highest BCUT2D eigenvalue weighted by Gasteiger charge is 2.16. The predicted molar refractivity (Wildman–Crippen MR) is 111 cm³/mol. The summed E-state index contributed by atoms with van der Waals surface area (Å²) >= 11 is 0. The Hall–Kier alpha value is -4.31. The molecule has 1 heterocycles. The Kier molecular flexibility index (Phi) is 5.99. The second-order valence-electron chi connectivity index (χ2n) is 6.34. The number of nitriles is 1. The van der Waals surface area contributed by atoms with Crippen LogP contribution in [0.1, 0.15) is 21.7 Å². The van der Waals surface area contributed by atoms with Crippen LogP contribution < -0.4 is 5.32 Å². The molecule has 0 saturated carbocycles. The number of ether oxygens (including phenoxy) is 1. The van der Waals surface area contributed by atoms with Crippen LogP contribution in [0.2, 0.25) is 0 Å². The Balaban J connectivity index is 1.85. The molecule has 1 amide bonds. The lowest BCUT2D eigenvalue weighted by Gasteiger charge is -2.07. The van der Waals surface area contributed by atoms with Crippen LogP contribution in [0.15, 0.2) is 64.6 Å². The number of amides is 1. The lowest BCUT2D eigenvalue weighted by atomic mass is 10.0. The van der Waals surface area contributed by atoms with Gasteiger partial charge >= 0.3 is 5.97 Å². The number of hydrogen-bond donors (Lipinski definition) is 2. The largest absolute Gasteiger partial charge is 0.508 e. The maximum absolute atomic E-state index is 12.4. The van der Waals surface area contributed by atoms with Crippen molar-refractivity contribution in [3.05, 3.63) is 77.1 Å². The molecular formula is C23H18N2O5. The topological polar surface area (TPSA) is 113 Å². The third-order valence-electron chi connectivity index (χ3n) is 4.41. The molecule has 0 bridgehead atoms. The molecular weight excluding hydrogens is 384 g/mol. The van der Waals surface area contributed by atoms with E-state index in [4.69, 9.17) is 9.15 Å². The van der Waals surface area contributed by atoms with Crippen molar-refractivity contribution in [2.45, 2.75) is 6.92 Å². The monoisotopic (exact) mass is 402 g/mol. The van der Waals surface area contributed by atoms with E-state index < -0.39 is 11.9 Å². The quantitative estimate of drug-likeness (QED) is 0.285. The van der Waals surface area contributed by atoms with Gasteiger partial charge in [-0.1, -0.05) is 12.1 Å². The van der Waals surface area contributed by atoms with E-state index in [1.807, 2.05) is 6.07 Å².